The molecule has 1 N–H and O–H groups in total. The van der Waals surface area contributed by atoms with Crippen LogP contribution in [0.2, 0.25) is 0 Å². The first-order valence-electron chi connectivity index (χ1n) is 5.25. The Hall–Kier alpha value is -0.780. The summed E-state index contributed by atoms with van der Waals surface area (Å²) < 4.78 is 44.1. The van der Waals surface area contributed by atoms with Gasteiger partial charge in [0.2, 0.25) is 0 Å². The molecule has 0 heterocycles. The van der Waals surface area contributed by atoms with E-state index in [-0.39, 0.29) is 19.4 Å². The minimum absolute atomic E-state index is 0.161. The summed E-state index contributed by atoms with van der Waals surface area (Å²) in [6.45, 7) is 1.22. The van der Waals surface area contributed by atoms with Gasteiger partial charge in [-0.1, -0.05) is 0 Å². The number of carbonyl (C=O) groups is 1. The van der Waals surface area contributed by atoms with Crippen molar-refractivity contribution >= 4 is 5.97 Å². The summed E-state index contributed by atoms with van der Waals surface area (Å²) >= 11 is 0. The molecule has 16 heavy (non-hydrogen) atoms. The fourth-order valence-corrected chi connectivity index (χ4v) is 1.79. The van der Waals surface area contributed by atoms with Gasteiger partial charge in [-0.25, -0.2) is 9.18 Å². The summed E-state index contributed by atoms with van der Waals surface area (Å²) in [7, 11) is 0. The molecule has 0 radical (unpaired) electrons. The van der Waals surface area contributed by atoms with Gasteiger partial charge in [0.15, 0.2) is 0 Å². The molecule has 94 valence electrons. The molecular formula is C10H15F3O3. The summed E-state index contributed by atoms with van der Waals surface area (Å²) in [5.74, 6) is -5.71. The molecule has 3 nitrogen and oxygen atoms in total. The van der Waals surface area contributed by atoms with E-state index in [0.717, 1.165) is 0 Å². The topological polar surface area (TPSA) is 46.5 Å². The van der Waals surface area contributed by atoms with Gasteiger partial charge in [-0.15, -0.1) is 0 Å². The van der Waals surface area contributed by atoms with E-state index in [0.29, 0.717) is 0 Å². The maximum absolute atomic E-state index is 13.6. The maximum atomic E-state index is 13.6. The molecule has 0 aromatic heterocycles. The van der Waals surface area contributed by atoms with Crippen molar-refractivity contribution in [1.29, 1.82) is 0 Å². The van der Waals surface area contributed by atoms with Gasteiger partial charge in [0.1, 0.15) is 11.8 Å². The van der Waals surface area contributed by atoms with E-state index in [1.807, 2.05) is 0 Å². The largest absolute Gasteiger partial charge is 0.461 e. The molecule has 1 aliphatic rings. The Morgan fingerprint density at radius 1 is 1.50 bits per heavy atom. The van der Waals surface area contributed by atoms with Gasteiger partial charge in [-0.2, -0.15) is 8.78 Å². The molecule has 0 aromatic rings. The number of ether oxygens (including phenoxy) is 1. The number of alkyl halides is 3. The highest BCUT2D eigenvalue weighted by atomic mass is 19.3. The average Bonchev–Trinajstić information content (AvgIpc) is 2.23. The average molecular weight is 240 g/mol. The molecule has 0 spiro atoms. The summed E-state index contributed by atoms with van der Waals surface area (Å²) in [4.78, 5) is 11.0. The monoisotopic (exact) mass is 240 g/mol. The SMILES string of the molecule is CCOC(=O)C(F)(F)C1(O)CCC(F)CC1. The Labute approximate surface area is 91.6 Å². The highest BCUT2D eigenvalue weighted by Gasteiger charge is 2.60. The number of halogens is 3. The molecule has 1 saturated carbocycles. The first kappa shape index (κ1) is 13.3. The Morgan fingerprint density at radius 3 is 2.44 bits per heavy atom. The van der Waals surface area contributed by atoms with Crippen LogP contribution in [0.5, 0.6) is 0 Å². The highest BCUT2D eigenvalue weighted by molar-refractivity contribution is 5.79. The molecule has 0 saturated heterocycles. The number of hydrogen-bond donors (Lipinski definition) is 1. The molecule has 0 unspecified atom stereocenters. The zero-order chi connectivity index (χ0) is 12.4. The molecule has 1 aliphatic carbocycles. The Kier molecular flexibility index (Phi) is 3.83. The van der Waals surface area contributed by atoms with Crippen LogP contribution >= 0.6 is 0 Å². The van der Waals surface area contributed by atoms with Crippen molar-refractivity contribution in [3.63, 3.8) is 0 Å². The molecule has 6 heteroatoms. The van der Waals surface area contributed by atoms with Gasteiger partial charge in [0.25, 0.3) is 0 Å². The van der Waals surface area contributed by atoms with E-state index in [4.69, 9.17) is 0 Å². The predicted molar refractivity (Wildman–Crippen MR) is 49.9 cm³/mol. The van der Waals surface area contributed by atoms with Gasteiger partial charge in [0.05, 0.1) is 6.61 Å². The van der Waals surface area contributed by atoms with Gasteiger partial charge >= 0.3 is 11.9 Å². The van der Waals surface area contributed by atoms with Crippen LogP contribution in [0.1, 0.15) is 32.6 Å². The van der Waals surface area contributed by atoms with Crippen LogP contribution in [-0.2, 0) is 9.53 Å². The van der Waals surface area contributed by atoms with E-state index in [1.165, 1.54) is 6.92 Å². The lowest BCUT2D eigenvalue weighted by molar-refractivity contribution is -0.222. The van der Waals surface area contributed by atoms with Crippen molar-refractivity contribution < 1.29 is 27.8 Å². The minimum Gasteiger partial charge on any atom is -0.461 e. The molecule has 1 rings (SSSR count). The fourth-order valence-electron chi connectivity index (χ4n) is 1.79. The van der Waals surface area contributed by atoms with Crippen LogP contribution in [0, 0.1) is 0 Å². The predicted octanol–water partition coefficient (Wildman–Crippen LogP) is 1.83. The van der Waals surface area contributed by atoms with Crippen LogP contribution in [0.3, 0.4) is 0 Å². The lowest BCUT2D eigenvalue weighted by atomic mass is 9.79. The van der Waals surface area contributed by atoms with Crippen LogP contribution < -0.4 is 0 Å². The summed E-state index contributed by atoms with van der Waals surface area (Å²) in [5.41, 5.74) is -2.47. The Morgan fingerprint density at radius 2 is 2.00 bits per heavy atom. The zero-order valence-electron chi connectivity index (χ0n) is 9.01. The zero-order valence-corrected chi connectivity index (χ0v) is 9.01. The maximum Gasteiger partial charge on any atom is 0.380 e. The number of rotatable bonds is 3. The van der Waals surface area contributed by atoms with E-state index < -0.39 is 36.5 Å². The summed E-state index contributed by atoms with van der Waals surface area (Å²) in [6, 6.07) is 0. The number of aliphatic hydroxyl groups is 1. The van der Waals surface area contributed by atoms with Crippen LogP contribution in [0.4, 0.5) is 13.2 Å². The normalized spacial score (nSPS) is 31.2. The van der Waals surface area contributed by atoms with Crippen molar-refractivity contribution in [3.05, 3.63) is 0 Å². The lowest BCUT2D eigenvalue weighted by Gasteiger charge is -2.37. The van der Waals surface area contributed by atoms with Crippen molar-refractivity contribution in [2.45, 2.75) is 50.3 Å². The lowest BCUT2D eigenvalue weighted by Crippen LogP contribution is -2.55. The van der Waals surface area contributed by atoms with Gasteiger partial charge in [-0.3, -0.25) is 0 Å². The smallest absolute Gasteiger partial charge is 0.380 e. The van der Waals surface area contributed by atoms with Crippen molar-refractivity contribution in [2.24, 2.45) is 0 Å². The quantitative estimate of drug-likeness (QED) is 0.765. The van der Waals surface area contributed by atoms with Gasteiger partial charge in [-0.05, 0) is 32.6 Å². The fraction of sp³-hybridized carbons (Fsp3) is 0.900. The number of esters is 1. The second kappa shape index (κ2) is 4.61. The van der Waals surface area contributed by atoms with Crippen LogP contribution in [0.25, 0.3) is 0 Å². The Balaban J connectivity index is 2.77. The van der Waals surface area contributed by atoms with Crippen molar-refractivity contribution in [1.82, 2.24) is 0 Å². The Bertz CT molecular complexity index is 260. The third-order valence-electron chi connectivity index (χ3n) is 2.86. The molecule has 0 aliphatic heterocycles. The van der Waals surface area contributed by atoms with Gasteiger partial charge in [0, 0.05) is 0 Å². The first-order valence-corrected chi connectivity index (χ1v) is 5.25. The summed E-state index contributed by atoms with van der Waals surface area (Å²) in [5, 5.41) is 9.70. The molecular weight excluding hydrogens is 225 g/mol. The second-order valence-electron chi connectivity index (χ2n) is 4.00. The standard InChI is InChI=1S/C10H15F3O3/c1-2-16-8(14)10(12,13)9(15)5-3-7(11)4-6-9/h7,15H,2-6H2,1H3. The molecule has 0 bridgehead atoms. The van der Waals surface area contributed by atoms with Gasteiger partial charge < -0.3 is 9.84 Å². The van der Waals surface area contributed by atoms with E-state index >= 15 is 0 Å². The van der Waals surface area contributed by atoms with Crippen molar-refractivity contribution in [3.8, 4) is 0 Å². The summed E-state index contributed by atoms with van der Waals surface area (Å²) in [6.07, 6.45) is -2.37. The third kappa shape index (κ3) is 2.31. The van der Waals surface area contributed by atoms with Crippen molar-refractivity contribution in [2.75, 3.05) is 6.61 Å². The molecule has 0 amide bonds. The van der Waals surface area contributed by atoms with Crippen LogP contribution in [0.15, 0.2) is 0 Å². The first-order chi connectivity index (χ1) is 7.33. The number of hydrogen-bond acceptors (Lipinski definition) is 3. The molecule has 0 aromatic carbocycles. The minimum atomic E-state index is -3.97. The van der Waals surface area contributed by atoms with Crippen LogP contribution in [-0.4, -0.2) is 35.4 Å². The van der Waals surface area contributed by atoms with E-state index in [2.05, 4.69) is 4.74 Å². The van der Waals surface area contributed by atoms with E-state index in [1.54, 1.807) is 0 Å². The van der Waals surface area contributed by atoms with E-state index in [9.17, 15) is 23.1 Å². The number of carbonyl (C=O) groups excluding carboxylic acids is 1. The molecule has 1 fully saturated rings. The third-order valence-corrected chi connectivity index (χ3v) is 2.86. The highest BCUT2D eigenvalue weighted by Crippen LogP contribution is 2.41. The second-order valence-corrected chi connectivity index (χ2v) is 4.00. The molecule has 0 atom stereocenters.